The maximum absolute atomic E-state index is 11.7. The quantitative estimate of drug-likeness (QED) is 0.890. The summed E-state index contributed by atoms with van der Waals surface area (Å²) in [6.45, 7) is 4.93. The van der Waals surface area contributed by atoms with Crippen LogP contribution < -0.4 is 10.6 Å². The number of carbonyl (C=O) groups is 1. The Morgan fingerprint density at radius 3 is 2.95 bits per heavy atom. The van der Waals surface area contributed by atoms with Gasteiger partial charge in [-0.15, -0.1) is 0 Å². The molecule has 0 unspecified atom stereocenters. The first-order valence-corrected chi connectivity index (χ1v) is 7.10. The van der Waals surface area contributed by atoms with Crippen molar-refractivity contribution in [3.05, 3.63) is 17.2 Å². The number of nitrogens with zero attached hydrogens (tertiary/aromatic N) is 2. The third-order valence-corrected chi connectivity index (χ3v) is 3.37. The molecule has 0 aliphatic rings. The molecule has 0 aliphatic heterocycles. The smallest absolute Gasteiger partial charge is 0.239 e. The molecular weight excluding hydrogens is 284 g/mol. The fourth-order valence-electron chi connectivity index (χ4n) is 1.54. The first-order chi connectivity index (χ1) is 9.08. The molecule has 2 aromatic rings. The van der Waals surface area contributed by atoms with Crippen LogP contribution in [0.2, 0.25) is 5.02 Å². The highest BCUT2D eigenvalue weighted by Crippen LogP contribution is 2.29. The third kappa shape index (κ3) is 3.54. The molecule has 102 valence electrons. The van der Waals surface area contributed by atoms with Crippen LogP contribution in [0.4, 0.5) is 5.69 Å². The number of hydrogen-bond acceptors (Lipinski definition) is 5. The maximum atomic E-state index is 11.7. The predicted molar refractivity (Wildman–Crippen MR) is 78.8 cm³/mol. The maximum Gasteiger partial charge on any atom is 0.239 e. The number of nitrogens with one attached hydrogen (secondary N) is 2. The van der Waals surface area contributed by atoms with E-state index in [1.807, 2.05) is 19.9 Å². The Morgan fingerprint density at radius 1 is 1.42 bits per heavy atom. The van der Waals surface area contributed by atoms with Gasteiger partial charge >= 0.3 is 0 Å². The van der Waals surface area contributed by atoms with Gasteiger partial charge in [0.1, 0.15) is 11.0 Å². The Hall–Kier alpha value is -1.40. The average Bonchev–Trinajstić information content (AvgIpc) is 2.83. The van der Waals surface area contributed by atoms with E-state index in [1.165, 1.54) is 0 Å². The van der Waals surface area contributed by atoms with Gasteiger partial charge in [-0.1, -0.05) is 25.4 Å². The normalized spacial score (nSPS) is 10.9. The van der Waals surface area contributed by atoms with Crippen LogP contribution in [-0.2, 0) is 4.79 Å². The van der Waals surface area contributed by atoms with Gasteiger partial charge in [-0.05, 0) is 18.1 Å². The lowest BCUT2D eigenvalue weighted by Crippen LogP contribution is -2.32. The van der Waals surface area contributed by atoms with E-state index in [2.05, 4.69) is 19.4 Å². The second kappa shape index (κ2) is 6.16. The molecule has 0 atom stereocenters. The van der Waals surface area contributed by atoms with Crippen LogP contribution in [0.3, 0.4) is 0 Å². The number of aromatic nitrogens is 2. The monoisotopic (exact) mass is 298 g/mol. The Bertz CT molecular complexity index is 584. The van der Waals surface area contributed by atoms with Crippen LogP contribution in [-0.4, -0.2) is 27.7 Å². The number of hydrogen-bond donors (Lipinski definition) is 2. The SMILES string of the molecule is CC(C)CNC(=O)CNc1c(Cl)ccc2nsnc12. The van der Waals surface area contributed by atoms with Gasteiger partial charge in [0, 0.05) is 6.54 Å². The summed E-state index contributed by atoms with van der Waals surface area (Å²) < 4.78 is 8.32. The Balaban J connectivity index is 2.03. The molecule has 2 rings (SSSR count). The van der Waals surface area contributed by atoms with Crippen molar-refractivity contribution in [1.82, 2.24) is 14.1 Å². The van der Waals surface area contributed by atoms with Crippen molar-refractivity contribution in [3.8, 4) is 0 Å². The van der Waals surface area contributed by atoms with Crippen LogP contribution in [0.5, 0.6) is 0 Å². The van der Waals surface area contributed by atoms with Gasteiger partial charge in [0.15, 0.2) is 0 Å². The first kappa shape index (κ1) is 14.0. The number of amides is 1. The van der Waals surface area contributed by atoms with Gasteiger partial charge in [-0.25, -0.2) is 0 Å². The molecule has 1 aromatic heterocycles. The van der Waals surface area contributed by atoms with E-state index in [9.17, 15) is 4.79 Å². The summed E-state index contributed by atoms with van der Waals surface area (Å²) in [7, 11) is 0. The third-order valence-electron chi connectivity index (χ3n) is 2.51. The molecule has 0 fully saturated rings. The van der Waals surface area contributed by atoms with Crippen molar-refractivity contribution in [2.45, 2.75) is 13.8 Å². The molecule has 0 bridgehead atoms. The average molecular weight is 299 g/mol. The molecule has 2 N–H and O–H groups in total. The van der Waals surface area contributed by atoms with Crippen molar-refractivity contribution < 1.29 is 4.79 Å². The lowest BCUT2D eigenvalue weighted by Gasteiger charge is -2.10. The zero-order valence-electron chi connectivity index (χ0n) is 10.7. The highest BCUT2D eigenvalue weighted by atomic mass is 35.5. The van der Waals surface area contributed by atoms with Crippen LogP contribution in [0.25, 0.3) is 11.0 Å². The molecule has 19 heavy (non-hydrogen) atoms. The minimum absolute atomic E-state index is 0.0649. The van der Waals surface area contributed by atoms with Gasteiger partial charge in [0.2, 0.25) is 5.91 Å². The summed E-state index contributed by atoms with van der Waals surface area (Å²) in [5.74, 6) is 0.365. The van der Waals surface area contributed by atoms with Gasteiger partial charge in [-0.2, -0.15) is 8.75 Å². The molecule has 1 amide bonds. The molecule has 0 radical (unpaired) electrons. The van der Waals surface area contributed by atoms with E-state index in [1.54, 1.807) is 6.07 Å². The van der Waals surface area contributed by atoms with Crippen molar-refractivity contribution in [2.75, 3.05) is 18.4 Å². The molecule has 0 saturated carbocycles. The molecule has 5 nitrogen and oxygen atoms in total. The number of carbonyl (C=O) groups excluding carboxylic acids is 1. The molecule has 1 heterocycles. The molecule has 7 heteroatoms. The standard InChI is InChI=1S/C12H15ClN4OS/c1-7(2)5-14-10(18)6-15-11-8(13)3-4-9-12(11)17-19-16-9/h3-4,7,15H,5-6H2,1-2H3,(H,14,18). The molecule has 0 spiro atoms. The fourth-order valence-corrected chi connectivity index (χ4v) is 2.31. The van der Waals surface area contributed by atoms with Crippen molar-refractivity contribution >= 4 is 46.0 Å². The highest BCUT2D eigenvalue weighted by molar-refractivity contribution is 7.00. The summed E-state index contributed by atoms with van der Waals surface area (Å²) in [5.41, 5.74) is 2.14. The van der Waals surface area contributed by atoms with E-state index in [-0.39, 0.29) is 12.5 Å². The predicted octanol–water partition coefficient (Wildman–Crippen LogP) is 2.53. The zero-order chi connectivity index (χ0) is 13.8. The largest absolute Gasteiger partial charge is 0.373 e. The second-order valence-electron chi connectivity index (χ2n) is 4.61. The second-order valence-corrected chi connectivity index (χ2v) is 5.54. The lowest BCUT2D eigenvalue weighted by molar-refractivity contribution is -0.119. The van der Waals surface area contributed by atoms with Crippen molar-refractivity contribution in [1.29, 1.82) is 0 Å². The summed E-state index contributed by atoms with van der Waals surface area (Å²) in [6.07, 6.45) is 0. The topological polar surface area (TPSA) is 66.9 Å². The number of benzene rings is 1. The highest BCUT2D eigenvalue weighted by Gasteiger charge is 2.11. The fraction of sp³-hybridized carbons (Fsp3) is 0.417. The van der Waals surface area contributed by atoms with Gasteiger partial charge in [-0.3, -0.25) is 4.79 Å². The van der Waals surface area contributed by atoms with E-state index < -0.39 is 0 Å². The summed E-state index contributed by atoms with van der Waals surface area (Å²) in [5, 5.41) is 6.40. The Morgan fingerprint density at radius 2 is 2.21 bits per heavy atom. The van der Waals surface area contributed by atoms with Crippen LogP contribution in [0, 0.1) is 5.92 Å². The van der Waals surface area contributed by atoms with Gasteiger partial charge < -0.3 is 10.6 Å². The minimum Gasteiger partial charge on any atom is -0.373 e. The van der Waals surface area contributed by atoms with Crippen LogP contribution in [0.15, 0.2) is 12.1 Å². The molecule has 0 saturated heterocycles. The molecule has 0 aliphatic carbocycles. The van der Waals surface area contributed by atoms with Crippen LogP contribution in [0.1, 0.15) is 13.8 Å². The molecule has 1 aromatic carbocycles. The van der Waals surface area contributed by atoms with E-state index >= 15 is 0 Å². The number of halogens is 1. The number of rotatable bonds is 5. The van der Waals surface area contributed by atoms with E-state index in [0.717, 1.165) is 17.2 Å². The first-order valence-electron chi connectivity index (χ1n) is 5.99. The molecular formula is C12H15ClN4OS. The van der Waals surface area contributed by atoms with Crippen molar-refractivity contribution in [2.24, 2.45) is 5.92 Å². The lowest BCUT2D eigenvalue weighted by atomic mass is 10.2. The van der Waals surface area contributed by atoms with Gasteiger partial charge in [0.05, 0.1) is 29.0 Å². The van der Waals surface area contributed by atoms with Gasteiger partial charge in [0.25, 0.3) is 0 Å². The Kier molecular flexibility index (Phi) is 4.55. The Labute approximate surface area is 120 Å². The summed E-state index contributed by atoms with van der Waals surface area (Å²) in [4.78, 5) is 11.7. The van der Waals surface area contributed by atoms with Crippen LogP contribution >= 0.6 is 23.3 Å². The summed E-state index contributed by atoms with van der Waals surface area (Å²) in [6, 6.07) is 3.56. The minimum atomic E-state index is -0.0649. The number of fused-ring (bicyclic) bond motifs is 1. The van der Waals surface area contributed by atoms with Crippen molar-refractivity contribution in [3.63, 3.8) is 0 Å². The summed E-state index contributed by atoms with van der Waals surface area (Å²) >= 11 is 7.24. The van der Waals surface area contributed by atoms with E-state index in [0.29, 0.717) is 28.7 Å². The van der Waals surface area contributed by atoms with E-state index in [4.69, 9.17) is 11.6 Å². The zero-order valence-corrected chi connectivity index (χ0v) is 12.3. The number of anilines is 1.